The fraction of sp³-hybridized carbons (Fsp3) is 0.944. The first-order valence-electron chi connectivity index (χ1n) is 9.32. The molecule has 2 rings (SSSR count). The maximum absolute atomic E-state index is 11.8. The van der Waals surface area contributed by atoms with E-state index in [0.29, 0.717) is 25.9 Å². The summed E-state index contributed by atoms with van der Waals surface area (Å²) in [6.07, 6.45) is 5.99. The molecule has 0 aromatic carbocycles. The molecule has 134 valence electrons. The number of rotatable bonds is 7. The fourth-order valence-electron chi connectivity index (χ4n) is 4.02. The first-order chi connectivity index (χ1) is 11.1. The number of hydrogen-bond acceptors (Lipinski definition) is 5. The van der Waals surface area contributed by atoms with Gasteiger partial charge in [0.05, 0.1) is 12.5 Å². The van der Waals surface area contributed by atoms with Crippen LogP contribution in [0.2, 0.25) is 0 Å². The topological polar surface area (TPSA) is 48.0 Å². The van der Waals surface area contributed by atoms with Crippen molar-refractivity contribution >= 4 is 5.97 Å². The second-order valence-electron chi connectivity index (χ2n) is 6.57. The summed E-state index contributed by atoms with van der Waals surface area (Å²) in [5.74, 6) is -0.263. The van der Waals surface area contributed by atoms with E-state index >= 15 is 0 Å². The molecule has 0 spiro atoms. The molecular formula is C18H33NO4. The lowest BCUT2D eigenvalue weighted by molar-refractivity contribution is -0.255. The van der Waals surface area contributed by atoms with Crippen molar-refractivity contribution in [1.29, 1.82) is 0 Å². The highest BCUT2D eigenvalue weighted by Crippen LogP contribution is 2.33. The Hall–Kier alpha value is -0.650. The van der Waals surface area contributed by atoms with Crippen LogP contribution in [0.1, 0.15) is 59.3 Å². The van der Waals surface area contributed by atoms with Gasteiger partial charge in [0, 0.05) is 45.2 Å². The lowest BCUT2D eigenvalue weighted by Crippen LogP contribution is -2.51. The number of nitrogens with zero attached hydrogens (tertiary/aromatic N) is 1. The van der Waals surface area contributed by atoms with E-state index in [2.05, 4.69) is 4.90 Å². The maximum Gasteiger partial charge on any atom is 0.308 e. The summed E-state index contributed by atoms with van der Waals surface area (Å²) in [5, 5.41) is 0. The van der Waals surface area contributed by atoms with Gasteiger partial charge >= 0.3 is 5.97 Å². The Kier molecular flexibility index (Phi) is 7.31. The summed E-state index contributed by atoms with van der Waals surface area (Å²) >= 11 is 0. The quantitative estimate of drug-likeness (QED) is 0.531. The van der Waals surface area contributed by atoms with Gasteiger partial charge in [-0.3, -0.25) is 9.69 Å². The van der Waals surface area contributed by atoms with Crippen molar-refractivity contribution in [2.45, 2.75) is 71.1 Å². The highest BCUT2D eigenvalue weighted by molar-refractivity contribution is 5.72. The minimum absolute atomic E-state index is 0.00342. The molecule has 1 aliphatic carbocycles. The number of likely N-dealkylation sites (tertiary alicyclic amines) is 1. The lowest BCUT2D eigenvalue weighted by Gasteiger charge is -2.45. The molecule has 0 N–H and O–H groups in total. The normalized spacial score (nSPS) is 28.5. The molecule has 1 saturated carbocycles. The van der Waals surface area contributed by atoms with Gasteiger partial charge in [-0.05, 0) is 46.5 Å². The van der Waals surface area contributed by atoms with E-state index in [1.54, 1.807) is 0 Å². The molecule has 0 amide bonds. The molecule has 0 atom stereocenters. The Bertz CT molecular complexity index is 350. The van der Waals surface area contributed by atoms with E-state index in [-0.39, 0.29) is 17.7 Å². The van der Waals surface area contributed by atoms with Gasteiger partial charge in [0.15, 0.2) is 5.79 Å². The minimum atomic E-state index is -0.373. The highest BCUT2D eigenvalue weighted by atomic mass is 16.7. The van der Waals surface area contributed by atoms with Crippen molar-refractivity contribution in [3.05, 3.63) is 0 Å². The SMILES string of the molecule is CCOC(=O)C1CCC(N2CCC(OCC)(OCC)CC2)CC1. The van der Waals surface area contributed by atoms with Crippen molar-refractivity contribution in [3.8, 4) is 0 Å². The van der Waals surface area contributed by atoms with Crippen LogP contribution in [0.4, 0.5) is 0 Å². The van der Waals surface area contributed by atoms with Gasteiger partial charge in [0.25, 0.3) is 0 Å². The summed E-state index contributed by atoms with van der Waals surface area (Å²) in [6, 6.07) is 0.599. The number of carbonyl (C=O) groups excluding carboxylic acids is 1. The second kappa shape index (κ2) is 9.00. The van der Waals surface area contributed by atoms with Crippen molar-refractivity contribution in [3.63, 3.8) is 0 Å². The van der Waals surface area contributed by atoms with Crippen LogP contribution in [0.15, 0.2) is 0 Å². The molecule has 1 aliphatic heterocycles. The van der Waals surface area contributed by atoms with Gasteiger partial charge in [-0.15, -0.1) is 0 Å². The van der Waals surface area contributed by atoms with Crippen LogP contribution in [-0.4, -0.2) is 55.6 Å². The molecule has 0 aromatic rings. The summed E-state index contributed by atoms with van der Waals surface area (Å²) in [6.45, 7) is 9.87. The van der Waals surface area contributed by atoms with E-state index in [9.17, 15) is 4.79 Å². The second-order valence-corrected chi connectivity index (χ2v) is 6.57. The summed E-state index contributed by atoms with van der Waals surface area (Å²) < 4.78 is 17.0. The zero-order valence-corrected chi connectivity index (χ0v) is 15.0. The predicted molar refractivity (Wildman–Crippen MR) is 89.2 cm³/mol. The summed E-state index contributed by atoms with van der Waals surface area (Å²) in [7, 11) is 0. The molecule has 23 heavy (non-hydrogen) atoms. The van der Waals surface area contributed by atoms with Crippen molar-refractivity contribution in [1.82, 2.24) is 4.90 Å². The molecule has 0 bridgehead atoms. The van der Waals surface area contributed by atoms with Crippen molar-refractivity contribution in [2.24, 2.45) is 5.92 Å². The summed E-state index contributed by atoms with van der Waals surface area (Å²) in [4.78, 5) is 14.4. The van der Waals surface area contributed by atoms with Crippen LogP contribution >= 0.6 is 0 Å². The van der Waals surface area contributed by atoms with E-state index in [4.69, 9.17) is 14.2 Å². The first kappa shape index (κ1) is 18.7. The van der Waals surface area contributed by atoms with E-state index < -0.39 is 0 Å². The van der Waals surface area contributed by atoms with Crippen LogP contribution in [0.25, 0.3) is 0 Å². The fourth-order valence-corrected chi connectivity index (χ4v) is 4.02. The molecule has 0 aromatic heterocycles. The van der Waals surface area contributed by atoms with Gasteiger partial charge in [0.2, 0.25) is 0 Å². The van der Waals surface area contributed by atoms with Crippen molar-refractivity contribution in [2.75, 3.05) is 32.9 Å². The van der Waals surface area contributed by atoms with Crippen LogP contribution < -0.4 is 0 Å². The van der Waals surface area contributed by atoms with E-state index in [0.717, 1.165) is 51.6 Å². The zero-order chi connectivity index (χ0) is 16.7. The van der Waals surface area contributed by atoms with Crippen LogP contribution in [0.3, 0.4) is 0 Å². The Morgan fingerprint density at radius 3 is 2.00 bits per heavy atom. The number of hydrogen-bond donors (Lipinski definition) is 0. The largest absolute Gasteiger partial charge is 0.466 e. The molecule has 2 aliphatic rings. The van der Waals surface area contributed by atoms with Crippen LogP contribution in [0.5, 0.6) is 0 Å². The third-order valence-electron chi connectivity index (χ3n) is 5.21. The zero-order valence-electron chi connectivity index (χ0n) is 15.0. The van der Waals surface area contributed by atoms with Crippen LogP contribution in [-0.2, 0) is 19.0 Å². The van der Waals surface area contributed by atoms with Crippen molar-refractivity contribution < 1.29 is 19.0 Å². The number of piperidine rings is 1. The molecule has 2 fully saturated rings. The maximum atomic E-state index is 11.8. The van der Waals surface area contributed by atoms with Gasteiger partial charge in [-0.2, -0.15) is 0 Å². The Morgan fingerprint density at radius 1 is 0.957 bits per heavy atom. The number of esters is 1. The standard InChI is InChI=1S/C18H33NO4/c1-4-21-17(20)15-7-9-16(10-8-15)19-13-11-18(12-14-19,22-5-2)23-6-3/h15-16H,4-14H2,1-3H3. The highest BCUT2D eigenvalue weighted by Gasteiger charge is 2.39. The molecule has 0 radical (unpaired) electrons. The third kappa shape index (κ3) is 4.91. The molecule has 0 unspecified atom stereocenters. The van der Waals surface area contributed by atoms with Crippen LogP contribution in [0, 0.1) is 5.92 Å². The Morgan fingerprint density at radius 2 is 1.52 bits per heavy atom. The molecule has 1 heterocycles. The van der Waals surface area contributed by atoms with E-state index in [1.807, 2.05) is 20.8 Å². The lowest BCUT2D eigenvalue weighted by atomic mass is 9.84. The van der Waals surface area contributed by atoms with E-state index in [1.165, 1.54) is 0 Å². The van der Waals surface area contributed by atoms with Gasteiger partial charge in [0.1, 0.15) is 0 Å². The molecule has 1 saturated heterocycles. The predicted octanol–water partition coefficient (Wildman–Crippen LogP) is 2.97. The minimum Gasteiger partial charge on any atom is -0.466 e. The Labute approximate surface area is 140 Å². The molecule has 5 heteroatoms. The number of carbonyl (C=O) groups is 1. The average molecular weight is 327 g/mol. The Balaban J connectivity index is 1.79. The first-order valence-corrected chi connectivity index (χ1v) is 9.32. The molecular weight excluding hydrogens is 294 g/mol. The summed E-state index contributed by atoms with van der Waals surface area (Å²) in [5.41, 5.74) is 0. The van der Waals surface area contributed by atoms with Gasteiger partial charge in [-0.25, -0.2) is 0 Å². The average Bonchev–Trinajstić information content (AvgIpc) is 2.56. The van der Waals surface area contributed by atoms with Gasteiger partial charge in [-0.1, -0.05) is 0 Å². The monoisotopic (exact) mass is 327 g/mol. The third-order valence-corrected chi connectivity index (χ3v) is 5.21. The smallest absolute Gasteiger partial charge is 0.308 e. The van der Waals surface area contributed by atoms with Gasteiger partial charge < -0.3 is 14.2 Å². The molecule has 5 nitrogen and oxygen atoms in total. The number of ether oxygens (including phenoxy) is 3.